The summed E-state index contributed by atoms with van der Waals surface area (Å²) in [6.07, 6.45) is 4.33. The van der Waals surface area contributed by atoms with E-state index in [1.54, 1.807) is 13.1 Å². The molecule has 7 heteroatoms. The molecule has 0 aliphatic heterocycles. The van der Waals surface area contributed by atoms with E-state index in [2.05, 4.69) is 20.9 Å². The Hall–Kier alpha value is -1.89. The maximum Gasteiger partial charge on any atom is 0.321 e. The lowest BCUT2D eigenvalue weighted by Crippen LogP contribution is -2.47. The first-order valence-electron chi connectivity index (χ1n) is 5.76. The molecule has 1 atom stereocenters. The number of hydrogen-bond acceptors (Lipinski definition) is 4. The maximum atomic E-state index is 11.5. The van der Waals surface area contributed by atoms with Crippen molar-refractivity contribution in [2.75, 3.05) is 13.6 Å². The topological polar surface area (TPSA) is 88.1 Å². The van der Waals surface area contributed by atoms with E-state index in [-0.39, 0.29) is 5.91 Å². The molecule has 0 bridgehead atoms. The summed E-state index contributed by atoms with van der Waals surface area (Å²) in [5.74, 6) is 0.593. The standard InChI is InChI=1S/C11H19N5O2/c1-8(10(17)15-11(18)12-2)13-5-4-9-14-6-7-16(9)3/h6-8,13H,4-5H2,1-3H3,(H2,12,15,17,18). The van der Waals surface area contributed by atoms with Crippen molar-refractivity contribution in [3.63, 3.8) is 0 Å². The lowest BCUT2D eigenvalue weighted by molar-refractivity contribution is -0.121. The summed E-state index contributed by atoms with van der Waals surface area (Å²) in [5.41, 5.74) is 0. The van der Waals surface area contributed by atoms with Gasteiger partial charge in [0.15, 0.2) is 0 Å². The second-order valence-electron chi connectivity index (χ2n) is 3.95. The molecule has 7 nitrogen and oxygen atoms in total. The summed E-state index contributed by atoms with van der Waals surface area (Å²) in [6.45, 7) is 2.32. The molecule has 18 heavy (non-hydrogen) atoms. The van der Waals surface area contributed by atoms with Crippen molar-refractivity contribution in [2.24, 2.45) is 7.05 Å². The first-order chi connectivity index (χ1) is 8.54. The SMILES string of the molecule is CNC(=O)NC(=O)C(C)NCCc1nccn1C. The molecule has 0 saturated heterocycles. The second-order valence-corrected chi connectivity index (χ2v) is 3.95. The Bertz CT molecular complexity index is 415. The molecular formula is C11H19N5O2. The highest BCUT2D eigenvalue weighted by molar-refractivity contribution is 5.96. The summed E-state index contributed by atoms with van der Waals surface area (Å²) in [5, 5.41) is 7.57. The number of amides is 3. The molecular weight excluding hydrogens is 234 g/mol. The highest BCUT2D eigenvalue weighted by Gasteiger charge is 2.14. The third-order valence-corrected chi connectivity index (χ3v) is 2.58. The van der Waals surface area contributed by atoms with Gasteiger partial charge in [-0.25, -0.2) is 9.78 Å². The molecule has 0 radical (unpaired) electrons. The Morgan fingerprint density at radius 1 is 1.50 bits per heavy atom. The average Bonchev–Trinajstić information content (AvgIpc) is 2.74. The highest BCUT2D eigenvalue weighted by atomic mass is 16.2. The molecule has 3 amide bonds. The molecule has 1 aromatic heterocycles. The van der Waals surface area contributed by atoms with Crippen molar-refractivity contribution in [3.05, 3.63) is 18.2 Å². The number of aryl methyl sites for hydroxylation is 1. The van der Waals surface area contributed by atoms with E-state index in [0.29, 0.717) is 6.54 Å². The number of aromatic nitrogens is 2. The van der Waals surface area contributed by atoms with Crippen LogP contribution in [-0.4, -0.2) is 41.1 Å². The van der Waals surface area contributed by atoms with Crippen molar-refractivity contribution in [2.45, 2.75) is 19.4 Å². The zero-order valence-electron chi connectivity index (χ0n) is 10.9. The zero-order chi connectivity index (χ0) is 13.5. The Morgan fingerprint density at radius 2 is 2.22 bits per heavy atom. The van der Waals surface area contributed by atoms with Gasteiger partial charge in [-0.15, -0.1) is 0 Å². The fraction of sp³-hybridized carbons (Fsp3) is 0.545. The smallest absolute Gasteiger partial charge is 0.321 e. The Balaban J connectivity index is 2.28. The highest BCUT2D eigenvalue weighted by Crippen LogP contribution is 1.94. The van der Waals surface area contributed by atoms with Crippen LogP contribution in [0.15, 0.2) is 12.4 Å². The van der Waals surface area contributed by atoms with Gasteiger partial charge >= 0.3 is 6.03 Å². The Morgan fingerprint density at radius 3 is 2.78 bits per heavy atom. The number of carbonyl (C=O) groups excluding carboxylic acids is 2. The van der Waals surface area contributed by atoms with Crippen molar-refractivity contribution in [1.82, 2.24) is 25.5 Å². The van der Waals surface area contributed by atoms with Crippen molar-refractivity contribution in [1.29, 1.82) is 0 Å². The fourth-order valence-electron chi connectivity index (χ4n) is 1.41. The molecule has 0 spiro atoms. The van der Waals surface area contributed by atoms with Crippen LogP contribution >= 0.6 is 0 Å². The second kappa shape index (κ2) is 6.75. The summed E-state index contributed by atoms with van der Waals surface area (Å²) in [7, 11) is 3.38. The zero-order valence-corrected chi connectivity index (χ0v) is 10.9. The largest absolute Gasteiger partial charge is 0.341 e. The van der Waals surface area contributed by atoms with Gasteiger partial charge in [-0.05, 0) is 6.92 Å². The van der Waals surface area contributed by atoms with Crippen LogP contribution in [0.4, 0.5) is 4.79 Å². The number of carbonyl (C=O) groups is 2. The van der Waals surface area contributed by atoms with Crippen molar-refractivity contribution in [3.8, 4) is 0 Å². The summed E-state index contributed by atoms with van der Waals surface area (Å²) in [4.78, 5) is 26.6. The van der Waals surface area contributed by atoms with Crippen LogP contribution in [0.5, 0.6) is 0 Å². The summed E-state index contributed by atoms with van der Waals surface area (Å²) in [6, 6.07) is -0.930. The number of hydrogen-bond donors (Lipinski definition) is 3. The normalized spacial score (nSPS) is 11.9. The van der Waals surface area contributed by atoms with Gasteiger partial charge in [0, 0.05) is 39.5 Å². The molecule has 0 aromatic carbocycles. The number of imide groups is 1. The van der Waals surface area contributed by atoms with E-state index in [0.717, 1.165) is 12.2 Å². The van der Waals surface area contributed by atoms with Gasteiger partial charge in [-0.3, -0.25) is 10.1 Å². The number of rotatable bonds is 5. The van der Waals surface area contributed by atoms with Gasteiger partial charge in [0.25, 0.3) is 0 Å². The number of nitrogens with one attached hydrogen (secondary N) is 3. The minimum Gasteiger partial charge on any atom is -0.341 e. The van der Waals surface area contributed by atoms with Gasteiger partial charge < -0.3 is 15.2 Å². The summed E-state index contributed by atoms with van der Waals surface area (Å²) < 4.78 is 1.93. The quantitative estimate of drug-likeness (QED) is 0.653. The third kappa shape index (κ3) is 4.17. The molecule has 0 aliphatic carbocycles. The predicted octanol–water partition coefficient (Wildman–Crippen LogP) is -0.604. The minimum absolute atomic E-state index is 0.353. The molecule has 100 valence electrons. The van der Waals surface area contributed by atoms with E-state index in [9.17, 15) is 9.59 Å². The fourth-order valence-corrected chi connectivity index (χ4v) is 1.41. The molecule has 1 heterocycles. The summed E-state index contributed by atoms with van der Waals surface area (Å²) >= 11 is 0. The number of nitrogens with zero attached hydrogens (tertiary/aromatic N) is 2. The lowest BCUT2D eigenvalue weighted by atomic mass is 10.3. The Kier molecular flexibility index (Phi) is 5.31. The van der Waals surface area contributed by atoms with Crippen LogP contribution in [0.3, 0.4) is 0 Å². The first kappa shape index (κ1) is 14.2. The molecule has 1 rings (SSSR count). The molecule has 0 saturated carbocycles. The van der Waals surface area contributed by atoms with Crippen molar-refractivity contribution < 1.29 is 9.59 Å². The third-order valence-electron chi connectivity index (χ3n) is 2.58. The van der Waals surface area contributed by atoms with Crippen LogP contribution in [0.2, 0.25) is 0 Å². The van der Waals surface area contributed by atoms with E-state index in [1.807, 2.05) is 17.8 Å². The van der Waals surface area contributed by atoms with Crippen LogP contribution in [-0.2, 0) is 18.3 Å². The van der Waals surface area contributed by atoms with Gasteiger partial charge in [-0.1, -0.05) is 0 Å². The van der Waals surface area contributed by atoms with Gasteiger partial charge in [0.1, 0.15) is 5.82 Å². The molecule has 3 N–H and O–H groups in total. The van der Waals surface area contributed by atoms with E-state index in [4.69, 9.17) is 0 Å². The van der Waals surface area contributed by atoms with Crippen LogP contribution in [0, 0.1) is 0 Å². The minimum atomic E-state index is -0.502. The first-order valence-corrected chi connectivity index (χ1v) is 5.76. The molecule has 1 aromatic rings. The average molecular weight is 253 g/mol. The van der Waals surface area contributed by atoms with Crippen LogP contribution in [0.25, 0.3) is 0 Å². The van der Waals surface area contributed by atoms with Gasteiger partial charge in [-0.2, -0.15) is 0 Å². The lowest BCUT2D eigenvalue weighted by Gasteiger charge is -2.12. The van der Waals surface area contributed by atoms with Gasteiger partial charge in [0.2, 0.25) is 5.91 Å². The van der Waals surface area contributed by atoms with Crippen molar-refractivity contribution >= 4 is 11.9 Å². The van der Waals surface area contributed by atoms with E-state index in [1.165, 1.54) is 7.05 Å². The van der Waals surface area contributed by atoms with Crippen LogP contribution < -0.4 is 16.0 Å². The van der Waals surface area contributed by atoms with Crippen LogP contribution in [0.1, 0.15) is 12.7 Å². The molecule has 0 aliphatic rings. The predicted molar refractivity (Wildman–Crippen MR) is 67.0 cm³/mol. The maximum absolute atomic E-state index is 11.5. The molecule has 1 unspecified atom stereocenters. The Labute approximate surface area is 106 Å². The number of imidazole rings is 1. The van der Waals surface area contributed by atoms with E-state index >= 15 is 0 Å². The van der Waals surface area contributed by atoms with E-state index < -0.39 is 12.1 Å². The monoisotopic (exact) mass is 253 g/mol. The number of urea groups is 1. The molecule has 0 fully saturated rings. The van der Waals surface area contributed by atoms with Gasteiger partial charge in [0.05, 0.1) is 6.04 Å².